The highest BCUT2D eigenvalue weighted by molar-refractivity contribution is 6.32. The zero-order valence-electron chi connectivity index (χ0n) is 12.0. The third-order valence-electron chi connectivity index (χ3n) is 4.29. The largest absolute Gasteiger partial charge is 0.371 e. The van der Waals surface area contributed by atoms with Gasteiger partial charge in [0.15, 0.2) is 0 Å². The lowest BCUT2D eigenvalue weighted by Crippen LogP contribution is -2.38. The minimum atomic E-state index is 0.412. The van der Waals surface area contributed by atoms with Crippen LogP contribution in [0.3, 0.4) is 0 Å². The number of nitrogens with zero attached hydrogens (tertiary/aromatic N) is 1. The molecule has 1 aliphatic rings. The molecule has 0 bridgehead atoms. The number of hydrogen-bond donors (Lipinski definition) is 0. The van der Waals surface area contributed by atoms with E-state index < -0.39 is 0 Å². The maximum Gasteiger partial charge on any atom is 0.0509 e. The smallest absolute Gasteiger partial charge is 0.0509 e. The van der Waals surface area contributed by atoms with Crippen molar-refractivity contribution in [2.45, 2.75) is 39.5 Å². The van der Waals surface area contributed by atoms with Crippen LogP contribution in [0.5, 0.6) is 0 Å². The average Bonchev–Trinajstić information content (AvgIpc) is 2.37. The van der Waals surface area contributed by atoms with E-state index in [0.29, 0.717) is 11.3 Å². The van der Waals surface area contributed by atoms with Gasteiger partial charge in [-0.25, -0.2) is 0 Å². The third kappa shape index (κ3) is 3.38. The second kappa shape index (κ2) is 5.93. The van der Waals surface area contributed by atoms with Crippen molar-refractivity contribution in [1.82, 2.24) is 0 Å². The fourth-order valence-electron chi connectivity index (χ4n) is 2.96. The Kier molecular flexibility index (Phi) is 4.68. The summed E-state index contributed by atoms with van der Waals surface area (Å²) < 4.78 is 0. The van der Waals surface area contributed by atoms with Crippen molar-refractivity contribution in [2.24, 2.45) is 11.3 Å². The van der Waals surface area contributed by atoms with E-state index in [2.05, 4.69) is 31.7 Å². The van der Waals surface area contributed by atoms with E-state index in [1.54, 1.807) is 0 Å². The zero-order chi connectivity index (χ0) is 14.0. The van der Waals surface area contributed by atoms with Gasteiger partial charge in [0.2, 0.25) is 0 Å². The number of halogens is 2. The Morgan fingerprint density at radius 2 is 1.84 bits per heavy atom. The van der Waals surface area contributed by atoms with Crippen molar-refractivity contribution < 1.29 is 0 Å². The van der Waals surface area contributed by atoms with Crippen molar-refractivity contribution >= 4 is 28.9 Å². The Balaban J connectivity index is 2.12. The van der Waals surface area contributed by atoms with Crippen LogP contribution in [0, 0.1) is 11.3 Å². The van der Waals surface area contributed by atoms with Crippen LogP contribution < -0.4 is 4.90 Å². The number of alkyl halides is 1. The van der Waals surface area contributed by atoms with Crippen LogP contribution in [-0.4, -0.2) is 13.1 Å². The Bertz CT molecular complexity index is 429. The first-order chi connectivity index (χ1) is 8.93. The quantitative estimate of drug-likeness (QED) is 0.666. The normalized spacial score (nSPS) is 17.8. The van der Waals surface area contributed by atoms with Gasteiger partial charge in [0.25, 0.3) is 0 Å². The summed E-state index contributed by atoms with van der Waals surface area (Å²) in [6.45, 7) is 9.24. The highest BCUT2D eigenvalue weighted by Crippen LogP contribution is 2.37. The van der Waals surface area contributed by atoms with Crippen LogP contribution in [0.1, 0.15) is 39.2 Å². The fourth-order valence-corrected chi connectivity index (χ4v) is 3.55. The monoisotopic (exact) mass is 299 g/mol. The van der Waals surface area contributed by atoms with Crippen LogP contribution in [0.15, 0.2) is 18.2 Å². The number of benzene rings is 1. The molecule has 2 rings (SSSR count). The van der Waals surface area contributed by atoms with Crippen molar-refractivity contribution in [2.75, 3.05) is 18.0 Å². The summed E-state index contributed by atoms with van der Waals surface area (Å²) in [6, 6.07) is 6.08. The van der Waals surface area contributed by atoms with E-state index in [-0.39, 0.29) is 0 Å². The maximum atomic E-state index is 6.24. The lowest BCUT2D eigenvalue weighted by atomic mass is 9.75. The molecule has 0 spiro atoms. The second-order valence-electron chi connectivity index (χ2n) is 6.50. The lowest BCUT2D eigenvalue weighted by molar-refractivity contribution is 0.199. The van der Waals surface area contributed by atoms with Gasteiger partial charge in [0.05, 0.1) is 5.88 Å². The fraction of sp³-hybridized carbons (Fsp3) is 0.625. The molecule has 1 nitrogen and oxygen atoms in total. The molecular weight excluding hydrogens is 277 g/mol. The summed E-state index contributed by atoms with van der Waals surface area (Å²) >= 11 is 12.3. The SMILES string of the molecule is CC(C)(C)C1CCN(c2cccc(Cl)c2CCl)CC1. The maximum absolute atomic E-state index is 6.24. The number of rotatable bonds is 2. The predicted octanol–water partition coefficient (Wildman–Crippen LogP) is 5.34. The lowest BCUT2D eigenvalue weighted by Gasteiger charge is -2.40. The zero-order valence-corrected chi connectivity index (χ0v) is 13.6. The van der Waals surface area contributed by atoms with Gasteiger partial charge < -0.3 is 4.90 Å². The first-order valence-corrected chi connectivity index (χ1v) is 7.93. The molecule has 1 saturated heterocycles. The molecule has 1 heterocycles. The van der Waals surface area contributed by atoms with Crippen LogP contribution in [0.2, 0.25) is 5.02 Å². The Labute approximate surface area is 126 Å². The van der Waals surface area contributed by atoms with Gasteiger partial charge in [-0.05, 0) is 36.3 Å². The van der Waals surface area contributed by atoms with E-state index in [1.807, 2.05) is 12.1 Å². The van der Waals surface area contributed by atoms with E-state index in [9.17, 15) is 0 Å². The summed E-state index contributed by atoms with van der Waals surface area (Å²) in [4.78, 5) is 2.44. The topological polar surface area (TPSA) is 3.24 Å². The Morgan fingerprint density at radius 3 is 2.37 bits per heavy atom. The highest BCUT2D eigenvalue weighted by Gasteiger charge is 2.29. The van der Waals surface area contributed by atoms with Crippen molar-refractivity contribution in [3.8, 4) is 0 Å². The van der Waals surface area contributed by atoms with Crippen molar-refractivity contribution in [3.63, 3.8) is 0 Å². The van der Waals surface area contributed by atoms with E-state index in [4.69, 9.17) is 23.2 Å². The molecule has 1 fully saturated rings. The molecule has 19 heavy (non-hydrogen) atoms. The molecule has 1 aliphatic heterocycles. The van der Waals surface area contributed by atoms with E-state index in [0.717, 1.165) is 29.6 Å². The van der Waals surface area contributed by atoms with Gasteiger partial charge in [-0.15, -0.1) is 11.6 Å². The summed E-state index contributed by atoms with van der Waals surface area (Å²) in [5, 5.41) is 0.783. The van der Waals surface area contributed by atoms with E-state index in [1.165, 1.54) is 18.5 Å². The summed E-state index contributed by atoms with van der Waals surface area (Å²) in [5.74, 6) is 1.29. The first-order valence-electron chi connectivity index (χ1n) is 7.02. The van der Waals surface area contributed by atoms with Gasteiger partial charge in [0.1, 0.15) is 0 Å². The highest BCUT2D eigenvalue weighted by atomic mass is 35.5. The van der Waals surface area contributed by atoms with Gasteiger partial charge >= 0.3 is 0 Å². The molecule has 0 atom stereocenters. The molecule has 0 aliphatic carbocycles. The molecule has 0 unspecified atom stereocenters. The molecule has 0 saturated carbocycles. The Hall–Kier alpha value is -0.400. The standard InChI is InChI=1S/C16H23Cl2N/c1-16(2,3)12-7-9-19(10-8-12)15-6-4-5-14(18)13(15)11-17/h4-6,12H,7-11H2,1-3H3. The van der Waals surface area contributed by atoms with Crippen LogP contribution in [0.25, 0.3) is 0 Å². The predicted molar refractivity (Wildman–Crippen MR) is 85.4 cm³/mol. The van der Waals surface area contributed by atoms with Gasteiger partial charge in [-0.2, -0.15) is 0 Å². The van der Waals surface area contributed by atoms with Gasteiger partial charge in [0, 0.05) is 29.4 Å². The van der Waals surface area contributed by atoms with Crippen LogP contribution >= 0.6 is 23.2 Å². The summed E-state index contributed by atoms with van der Waals surface area (Å²) in [5.41, 5.74) is 2.70. The van der Waals surface area contributed by atoms with Crippen LogP contribution in [-0.2, 0) is 5.88 Å². The number of hydrogen-bond acceptors (Lipinski definition) is 1. The summed E-state index contributed by atoms with van der Waals surface area (Å²) in [7, 11) is 0. The number of piperidine rings is 1. The molecule has 1 aromatic carbocycles. The van der Waals surface area contributed by atoms with Gasteiger partial charge in [-0.1, -0.05) is 38.4 Å². The minimum Gasteiger partial charge on any atom is -0.371 e. The average molecular weight is 300 g/mol. The molecule has 0 radical (unpaired) electrons. The molecule has 0 aromatic heterocycles. The van der Waals surface area contributed by atoms with E-state index >= 15 is 0 Å². The molecular formula is C16H23Cl2N. The van der Waals surface area contributed by atoms with Crippen molar-refractivity contribution in [1.29, 1.82) is 0 Å². The minimum absolute atomic E-state index is 0.412. The molecule has 3 heteroatoms. The molecule has 1 aromatic rings. The summed E-state index contributed by atoms with van der Waals surface area (Å²) in [6.07, 6.45) is 2.50. The molecule has 0 N–H and O–H groups in total. The van der Waals surface area contributed by atoms with Crippen molar-refractivity contribution in [3.05, 3.63) is 28.8 Å². The first kappa shape index (κ1) is 15.0. The second-order valence-corrected chi connectivity index (χ2v) is 7.17. The third-order valence-corrected chi connectivity index (χ3v) is 4.91. The Morgan fingerprint density at radius 1 is 1.21 bits per heavy atom. The van der Waals surface area contributed by atoms with Crippen LogP contribution in [0.4, 0.5) is 5.69 Å². The molecule has 106 valence electrons. The van der Waals surface area contributed by atoms with Gasteiger partial charge in [-0.3, -0.25) is 0 Å². The molecule has 0 amide bonds. The number of anilines is 1.